The molecule has 0 fully saturated rings. The summed E-state index contributed by atoms with van der Waals surface area (Å²) in [5.41, 5.74) is 3.95. The molecule has 2 aromatic rings. The first-order chi connectivity index (χ1) is 15.1. The van der Waals surface area contributed by atoms with Gasteiger partial charge in [-0.25, -0.2) is 0 Å². The van der Waals surface area contributed by atoms with Gasteiger partial charge < -0.3 is 25.6 Å². The van der Waals surface area contributed by atoms with Crippen LogP contribution in [0.5, 0.6) is 11.5 Å². The summed E-state index contributed by atoms with van der Waals surface area (Å²) in [6.07, 6.45) is 3.76. The molecule has 7 heteroatoms. The number of nitrogens with one attached hydrogen (secondary N) is 2. The first-order valence-electron chi connectivity index (χ1n) is 10.9. The quantitative estimate of drug-likeness (QED) is 0.504. The number of carbonyl (C=O) groups excluding carboxylic acids is 1. The van der Waals surface area contributed by atoms with E-state index in [1.807, 2.05) is 12.1 Å². The van der Waals surface area contributed by atoms with Gasteiger partial charge in [-0.15, -0.1) is 0 Å². The maximum absolute atomic E-state index is 11.7. The number of fused-ring (bicyclic) bond motifs is 1. The molecule has 2 unspecified atom stereocenters. The van der Waals surface area contributed by atoms with Gasteiger partial charge in [-0.2, -0.15) is 0 Å². The van der Waals surface area contributed by atoms with E-state index in [0.29, 0.717) is 18.7 Å². The third-order valence-corrected chi connectivity index (χ3v) is 5.19. The summed E-state index contributed by atoms with van der Waals surface area (Å²) in [6, 6.07) is 8.92. The highest BCUT2D eigenvalue weighted by Gasteiger charge is 2.23. The van der Waals surface area contributed by atoms with Crippen LogP contribution in [0.4, 0.5) is 0 Å². The van der Waals surface area contributed by atoms with E-state index < -0.39 is 12.1 Å². The Labute approximate surface area is 189 Å². The SMILES string of the molecule is CC(=O)NC(Cc1ccc(O)cn1)C(O)CNC1=CCOc2ccc(CC(C)(C)C)cc21. The number of aliphatic hydroxyl groups is 1. The van der Waals surface area contributed by atoms with Crippen LogP contribution in [-0.4, -0.2) is 46.4 Å². The predicted octanol–water partition coefficient (Wildman–Crippen LogP) is 2.81. The summed E-state index contributed by atoms with van der Waals surface area (Å²) in [4.78, 5) is 15.9. The fraction of sp³-hybridized carbons (Fsp3) is 0.440. The van der Waals surface area contributed by atoms with Gasteiger partial charge in [0, 0.05) is 36.8 Å². The van der Waals surface area contributed by atoms with Crippen molar-refractivity contribution < 1.29 is 19.7 Å². The van der Waals surface area contributed by atoms with E-state index in [0.717, 1.165) is 23.4 Å². The number of ether oxygens (including phenoxy) is 1. The van der Waals surface area contributed by atoms with Crippen molar-refractivity contribution in [2.45, 2.75) is 52.7 Å². The summed E-state index contributed by atoms with van der Waals surface area (Å²) >= 11 is 0. The number of nitrogens with zero attached hydrogens (tertiary/aromatic N) is 1. The van der Waals surface area contributed by atoms with Crippen LogP contribution in [0.1, 0.15) is 44.5 Å². The lowest BCUT2D eigenvalue weighted by molar-refractivity contribution is -0.120. The number of pyridine rings is 1. The number of hydrogen-bond acceptors (Lipinski definition) is 6. The smallest absolute Gasteiger partial charge is 0.217 e. The van der Waals surface area contributed by atoms with Crippen molar-refractivity contribution in [3.8, 4) is 11.5 Å². The van der Waals surface area contributed by atoms with Crippen molar-refractivity contribution in [3.63, 3.8) is 0 Å². The van der Waals surface area contributed by atoms with Gasteiger partial charge in [-0.05, 0) is 47.7 Å². The summed E-state index contributed by atoms with van der Waals surface area (Å²) in [5.74, 6) is 0.659. The highest BCUT2D eigenvalue weighted by Crippen LogP contribution is 2.31. The number of aliphatic hydroxyl groups excluding tert-OH is 1. The van der Waals surface area contributed by atoms with Gasteiger partial charge in [0.25, 0.3) is 0 Å². The Hall–Kier alpha value is -3.06. The fourth-order valence-corrected chi connectivity index (χ4v) is 3.79. The molecule has 4 N–H and O–H groups in total. The van der Waals surface area contributed by atoms with Crippen LogP contribution in [-0.2, 0) is 17.6 Å². The number of benzene rings is 1. The molecule has 0 saturated carbocycles. The molecule has 32 heavy (non-hydrogen) atoms. The summed E-state index contributed by atoms with van der Waals surface area (Å²) in [6.45, 7) is 8.75. The van der Waals surface area contributed by atoms with Gasteiger partial charge in [-0.3, -0.25) is 9.78 Å². The van der Waals surface area contributed by atoms with Crippen molar-refractivity contribution in [1.82, 2.24) is 15.6 Å². The van der Waals surface area contributed by atoms with Crippen molar-refractivity contribution in [2.75, 3.05) is 13.2 Å². The third kappa shape index (κ3) is 6.72. The molecule has 3 rings (SSSR count). The molecule has 1 aliphatic heterocycles. The normalized spacial score (nSPS) is 15.1. The summed E-state index contributed by atoms with van der Waals surface area (Å²) < 4.78 is 5.77. The molecule has 1 amide bonds. The van der Waals surface area contributed by atoms with Crippen LogP contribution in [0, 0.1) is 5.41 Å². The van der Waals surface area contributed by atoms with Crippen LogP contribution in [0.15, 0.2) is 42.6 Å². The van der Waals surface area contributed by atoms with Crippen molar-refractivity contribution >= 4 is 11.6 Å². The zero-order valence-corrected chi connectivity index (χ0v) is 19.2. The number of rotatable bonds is 8. The van der Waals surface area contributed by atoms with E-state index in [4.69, 9.17) is 4.74 Å². The number of aromatic nitrogens is 1. The van der Waals surface area contributed by atoms with E-state index in [9.17, 15) is 15.0 Å². The highest BCUT2D eigenvalue weighted by atomic mass is 16.5. The third-order valence-electron chi connectivity index (χ3n) is 5.19. The van der Waals surface area contributed by atoms with Gasteiger partial charge in [0.15, 0.2) is 0 Å². The molecular formula is C25H33N3O4. The Bertz CT molecular complexity index is 964. The van der Waals surface area contributed by atoms with Crippen LogP contribution in [0.3, 0.4) is 0 Å². The second-order valence-corrected chi connectivity index (χ2v) is 9.46. The average Bonchev–Trinajstić information content (AvgIpc) is 2.71. The first kappa shape index (κ1) is 23.6. The summed E-state index contributed by atoms with van der Waals surface area (Å²) in [5, 5.41) is 26.4. The van der Waals surface area contributed by atoms with E-state index >= 15 is 0 Å². The predicted molar refractivity (Wildman–Crippen MR) is 124 cm³/mol. The molecule has 2 heterocycles. The van der Waals surface area contributed by atoms with Crippen molar-refractivity contribution in [1.29, 1.82) is 0 Å². The lowest BCUT2D eigenvalue weighted by Crippen LogP contribution is -2.48. The first-order valence-corrected chi connectivity index (χ1v) is 10.9. The molecule has 0 bridgehead atoms. The molecule has 1 aromatic heterocycles. The van der Waals surface area contributed by atoms with Crippen LogP contribution in [0.25, 0.3) is 5.70 Å². The lowest BCUT2D eigenvalue weighted by atomic mass is 9.87. The molecule has 1 aromatic carbocycles. The molecular weight excluding hydrogens is 406 g/mol. The van der Waals surface area contributed by atoms with Crippen molar-refractivity contribution in [2.24, 2.45) is 5.41 Å². The van der Waals surface area contributed by atoms with Gasteiger partial charge >= 0.3 is 0 Å². The van der Waals surface area contributed by atoms with Gasteiger partial charge in [0.2, 0.25) is 5.91 Å². The molecule has 1 aliphatic rings. The molecule has 0 radical (unpaired) electrons. The van der Waals surface area contributed by atoms with E-state index in [1.54, 1.807) is 6.07 Å². The maximum atomic E-state index is 11.7. The number of aromatic hydroxyl groups is 1. The molecule has 2 atom stereocenters. The fourth-order valence-electron chi connectivity index (χ4n) is 3.79. The molecule has 0 spiro atoms. The topological polar surface area (TPSA) is 104 Å². The monoisotopic (exact) mass is 439 g/mol. The largest absolute Gasteiger partial charge is 0.506 e. The minimum Gasteiger partial charge on any atom is -0.506 e. The summed E-state index contributed by atoms with van der Waals surface area (Å²) in [7, 11) is 0. The van der Waals surface area contributed by atoms with Gasteiger partial charge in [0.05, 0.1) is 18.3 Å². The number of amides is 1. The Morgan fingerprint density at radius 1 is 1.25 bits per heavy atom. The molecule has 0 aliphatic carbocycles. The van der Waals surface area contributed by atoms with Crippen molar-refractivity contribution in [3.05, 3.63) is 59.4 Å². The van der Waals surface area contributed by atoms with Crippen LogP contribution in [0.2, 0.25) is 0 Å². The Morgan fingerprint density at radius 2 is 2.03 bits per heavy atom. The highest BCUT2D eigenvalue weighted by molar-refractivity contribution is 5.73. The van der Waals surface area contributed by atoms with E-state index in [1.165, 1.54) is 24.8 Å². The minimum absolute atomic E-state index is 0.0722. The van der Waals surface area contributed by atoms with E-state index in [-0.39, 0.29) is 23.6 Å². The zero-order valence-electron chi connectivity index (χ0n) is 19.2. The second kappa shape index (κ2) is 10.0. The molecule has 0 saturated heterocycles. The second-order valence-electron chi connectivity index (χ2n) is 9.46. The zero-order chi connectivity index (χ0) is 23.3. The van der Waals surface area contributed by atoms with Gasteiger partial charge in [-0.1, -0.05) is 26.8 Å². The van der Waals surface area contributed by atoms with Gasteiger partial charge in [0.1, 0.15) is 18.1 Å². The van der Waals surface area contributed by atoms with Crippen LogP contribution < -0.4 is 15.4 Å². The van der Waals surface area contributed by atoms with Crippen LogP contribution >= 0.6 is 0 Å². The standard InChI is InChI=1S/C25H33N3O4/c1-16(29)28-22(12-18-6-7-19(30)14-26-18)23(31)15-27-21-9-10-32-24-8-5-17(11-20(21)24)13-25(2,3)4/h5-9,11,14,22-23,27,30-31H,10,12-13,15H2,1-4H3,(H,28,29). The van der Waals surface area contributed by atoms with E-state index in [2.05, 4.69) is 48.5 Å². The average molecular weight is 440 g/mol. The lowest BCUT2D eigenvalue weighted by Gasteiger charge is -2.27. The Morgan fingerprint density at radius 3 is 2.69 bits per heavy atom. The minimum atomic E-state index is -0.848. The Kier molecular flexibility index (Phi) is 7.40. The molecule has 7 nitrogen and oxygen atoms in total. The maximum Gasteiger partial charge on any atom is 0.217 e. The number of carbonyl (C=O) groups is 1. The number of hydrogen-bond donors (Lipinski definition) is 4. The molecule has 172 valence electrons. The Balaban J connectivity index is 1.70.